The van der Waals surface area contributed by atoms with E-state index in [0.29, 0.717) is 6.04 Å². The first-order valence-corrected chi connectivity index (χ1v) is 7.46. The molecule has 1 aliphatic carbocycles. The zero-order chi connectivity index (χ0) is 12.8. The van der Waals surface area contributed by atoms with Crippen LogP contribution in [0.3, 0.4) is 0 Å². The van der Waals surface area contributed by atoms with Crippen LogP contribution in [-0.2, 0) is 0 Å². The minimum Gasteiger partial charge on any atom is -0.393 e. The predicted octanol–water partition coefficient (Wildman–Crippen LogP) is 3.20. The molecule has 102 valence electrons. The molecule has 0 saturated heterocycles. The van der Waals surface area contributed by atoms with Crippen molar-refractivity contribution in [2.24, 2.45) is 17.8 Å². The van der Waals surface area contributed by atoms with Crippen LogP contribution in [0.1, 0.15) is 59.8 Å². The summed E-state index contributed by atoms with van der Waals surface area (Å²) in [5.41, 5.74) is 0. The van der Waals surface area contributed by atoms with Crippen molar-refractivity contribution < 1.29 is 5.11 Å². The maximum Gasteiger partial charge on any atom is 0.0549 e. The Morgan fingerprint density at radius 2 is 2.00 bits per heavy atom. The van der Waals surface area contributed by atoms with Crippen LogP contribution < -0.4 is 5.32 Å². The maximum atomic E-state index is 9.57. The highest BCUT2D eigenvalue weighted by Gasteiger charge is 2.30. The third-order valence-electron chi connectivity index (χ3n) is 4.38. The molecule has 0 spiro atoms. The quantitative estimate of drug-likeness (QED) is 0.748. The standard InChI is InChI=1S/C15H31NO/c1-5-13(17)8-9-16-15-10-12(4)6-7-14(15)11(2)3/h11-17H,5-10H2,1-4H3. The molecule has 0 heterocycles. The number of rotatable bonds is 6. The Balaban J connectivity index is 2.36. The first-order chi connectivity index (χ1) is 8.04. The van der Waals surface area contributed by atoms with E-state index in [0.717, 1.165) is 37.1 Å². The van der Waals surface area contributed by atoms with Crippen molar-refractivity contribution in [1.29, 1.82) is 0 Å². The normalized spacial score (nSPS) is 31.8. The lowest BCUT2D eigenvalue weighted by molar-refractivity contribution is 0.141. The van der Waals surface area contributed by atoms with Crippen LogP contribution in [0, 0.1) is 17.8 Å². The number of aliphatic hydroxyl groups is 1. The van der Waals surface area contributed by atoms with Gasteiger partial charge in [0.25, 0.3) is 0 Å². The summed E-state index contributed by atoms with van der Waals surface area (Å²) in [4.78, 5) is 0. The number of hydrogen-bond acceptors (Lipinski definition) is 2. The Kier molecular flexibility index (Phi) is 6.50. The molecule has 0 amide bonds. The second kappa shape index (κ2) is 7.38. The maximum absolute atomic E-state index is 9.57. The van der Waals surface area contributed by atoms with E-state index in [1.165, 1.54) is 19.3 Å². The van der Waals surface area contributed by atoms with Crippen LogP contribution in [0.5, 0.6) is 0 Å². The monoisotopic (exact) mass is 241 g/mol. The number of nitrogens with one attached hydrogen (secondary N) is 1. The molecule has 0 aromatic carbocycles. The summed E-state index contributed by atoms with van der Waals surface area (Å²) in [6.45, 7) is 10.1. The molecule has 4 unspecified atom stereocenters. The van der Waals surface area contributed by atoms with Crippen molar-refractivity contribution in [3.8, 4) is 0 Å². The lowest BCUT2D eigenvalue weighted by Gasteiger charge is -2.38. The molecule has 1 fully saturated rings. The summed E-state index contributed by atoms with van der Waals surface area (Å²) in [5, 5.41) is 13.3. The molecule has 4 atom stereocenters. The molecule has 1 aliphatic rings. The summed E-state index contributed by atoms with van der Waals surface area (Å²) in [5.74, 6) is 2.46. The fraction of sp³-hybridized carbons (Fsp3) is 1.00. The summed E-state index contributed by atoms with van der Waals surface area (Å²) < 4.78 is 0. The summed E-state index contributed by atoms with van der Waals surface area (Å²) in [7, 11) is 0. The minimum absolute atomic E-state index is 0.124. The average molecular weight is 241 g/mol. The van der Waals surface area contributed by atoms with Gasteiger partial charge in [0.05, 0.1) is 6.10 Å². The Labute approximate surface area is 107 Å². The molecular weight excluding hydrogens is 210 g/mol. The molecule has 17 heavy (non-hydrogen) atoms. The highest BCUT2D eigenvalue weighted by Crippen LogP contribution is 2.33. The molecular formula is C15H31NO. The SMILES string of the molecule is CCC(O)CCNC1CC(C)CCC1C(C)C. The Morgan fingerprint density at radius 1 is 1.29 bits per heavy atom. The lowest BCUT2D eigenvalue weighted by atomic mass is 9.74. The summed E-state index contributed by atoms with van der Waals surface area (Å²) in [6, 6.07) is 0.669. The smallest absolute Gasteiger partial charge is 0.0549 e. The Bertz CT molecular complexity index is 205. The van der Waals surface area contributed by atoms with E-state index in [9.17, 15) is 5.11 Å². The van der Waals surface area contributed by atoms with Gasteiger partial charge >= 0.3 is 0 Å². The van der Waals surface area contributed by atoms with Gasteiger partial charge in [-0.25, -0.2) is 0 Å². The zero-order valence-corrected chi connectivity index (χ0v) is 12.1. The second-order valence-electron chi connectivity index (χ2n) is 6.24. The van der Waals surface area contributed by atoms with Crippen molar-refractivity contribution in [3.05, 3.63) is 0 Å². The van der Waals surface area contributed by atoms with Gasteiger partial charge in [-0.15, -0.1) is 0 Å². The first-order valence-electron chi connectivity index (χ1n) is 7.46. The number of aliphatic hydroxyl groups excluding tert-OH is 1. The second-order valence-corrected chi connectivity index (χ2v) is 6.24. The van der Waals surface area contributed by atoms with Crippen LogP contribution in [0.4, 0.5) is 0 Å². The summed E-state index contributed by atoms with van der Waals surface area (Å²) in [6.07, 6.45) is 5.71. The van der Waals surface area contributed by atoms with Crippen molar-refractivity contribution in [2.45, 2.75) is 71.9 Å². The molecule has 0 aliphatic heterocycles. The highest BCUT2D eigenvalue weighted by molar-refractivity contribution is 4.85. The van der Waals surface area contributed by atoms with E-state index < -0.39 is 0 Å². The number of hydrogen-bond donors (Lipinski definition) is 2. The van der Waals surface area contributed by atoms with Gasteiger partial charge < -0.3 is 10.4 Å². The third-order valence-corrected chi connectivity index (χ3v) is 4.38. The highest BCUT2D eigenvalue weighted by atomic mass is 16.3. The van der Waals surface area contributed by atoms with Gasteiger partial charge in [-0.3, -0.25) is 0 Å². The van der Waals surface area contributed by atoms with Crippen LogP contribution in [0.2, 0.25) is 0 Å². The van der Waals surface area contributed by atoms with E-state index in [2.05, 4.69) is 26.1 Å². The first kappa shape index (κ1) is 15.0. The van der Waals surface area contributed by atoms with E-state index >= 15 is 0 Å². The largest absolute Gasteiger partial charge is 0.393 e. The van der Waals surface area contributed by atoms with Gasteiger partial charge in [0, 0.05) is 6.04 Å². The molecule has 0 bridgehead atoms. The molecule has 1 rings (SSSR count). The van der Waals surface area contributed by atoms with Crippen molar-refractivity contribution in [2.75, 3.05) is 6.54 Å². The third kappa shape index (κ3) is 4.97. The molecule has 0 aromatic rings. The van der Waals surface area contributed by atoms with Gasteiger partial charge in [0.1, 0.15) is 0 Å². The van der Waals surface area contributed by atoms with Crippen molar-refractivity contribution in [1.82, 2.24) is 5.32 Å². The average Bonchev–Trinajstić information content (AvgIpc) is 2.28. The van der Waals surface area contributed by atoms with E-state index in [-0.39, 0.29) is 6.10 Å². The fourth-order valence-corrected chi connectivity index (χ4v) is 3.08. The minimum atomic E-state index is -0.124. The summed E-state index contributed by atoms with van der Waals surface area (Å²) >= 11 is 0. The molecule has 2 nitrogen and oxygen atoms in total. The molecule has 2 heteroatoms. The van der Waals surface area contributed by atoms with Gasteiger partial charge in [0.15, 0.2) is 0 Å². The van der Waals surface area contributed by atoms with Gasteiger partial charge in [0.2, 0.25) is 0 Å². The van der Waals surface area contributed by atoms with Crippen LogP contribution in [0.15, 0.2) is 0 Å². The zero-order valence-electron chi connectivity index (χ0n) is 12.1. The van der Waals surface area contributed by atoms with E-state index in [1.54, 1.807) is 0 Å². The topological polar surface area (TPSA) is 32.3 Å². The molecule has 2 N–H and O–H groups in total. The van der Waals surface area contributed by atoms with Crippen molar-refractivity contribution >= 4 is 0 Å². The Hall–Kier alpha value is -0.0800. The Morgan fingerprint density at radius 3 is 2.59 bits per heavy atom. The van der Waals surface area contributed by atoms with Gasteiger partial charge in [-0.05, 0) is 50.0 Å². The fourth-order valence-electron chi connectivity index (χ4n) is 3.08. The van der Waals surface area contributed by atoms with Crippen LogP contribution in [0.25, 0.3) is 0 Å². The lowest BCUT2D eigenvalue weighted by Crippen LogP contribution is -2.43. The predicted molar refractivity (Wildman–Crippen MR) is 74.0 cm³/mol. The van der Waals surface area contributed by atoms with E-state index in [1.807, 2.05) is 6.92 Å². The molecule has 1 saturated carbocycles. The van der Waals surface area contributed by atoms with Gasteiger partial charge in [-0.2, -0.15) is 0 Å². The van der Waals surface area contributed by atoms with Crippen molar-refractivity contribution in [3.63, 3.8) is 0 Å². The van der Waals surface area contributed by atoms with E-state index in [4.69, 9.17) is 0 Å². The van der Waals surface area contributed by atoms with Crippen LogP contribution >= 0.6 is 0 Å². The molecule has 0 aromatic heterocycles. The van der Waals surface area contributed by atoms with Crippen LogP contribution in [-0.4, -0.2) is 23.8 Å². The van der Waals surface area contributed by atoms with Gasteiger partial charge in [-0.1, -0.05) is 34.1 Å². The molecule has 0 radical (unpaired) electrons.